The van der Waals surface area contributed by atoms with Crippen LogP contribution in [0.25, 0.3) is 0 Å². The Morgan fingerprint density at radius 1 is 1.53 bits per heavy atom. The van der Waals surface area contributed by atoms with E-state index in [2.05, 4.69) is 5.32 Å². The second-order valence-corrected chi connectivity index (χ2v) is 4.26. The van der Waals surface area contributed by atoms with Gasteiger partial charge in [-0.15, -0.1) is 0 Å². The van der Waals surface area contributed by atoms with Gasteiger partial charge in [0, 0.05) is 6.54 Å². The molecule has 4 nitrogen and oxygen atoms in total. The maximum Gasteiger partial charge on any atom is 0.326 e. The smallest absolute Gasteiger partial charge is 0.326 e. The zero-order valence-corrected chi connectivity index (χ0v) is 9.25. The van der Waals surface area contributed by atoms with Crippen LogP contribution in [0.3, 0.4) is 0 Å². The van der Waals surface area contributed by atoms with Crippen LogP contribution in [0.4, 0.5) is 0 Å². The van der Waals surface area contributed by atoms with Crippen LogP contribution in [-0.2, 0) is 14.3 Å². The Morgan fingerprint density at radius 3 is 2.93 bits per heavy atom. The highest BCUT2D eigenvalue weighted by molar-refractivity contribution is 5.77. The fraction of sp³-hybridized carbons (Fsp3) is 0.909. The Bertz CT molecular complexity index is 236. The lowest BCUT2D eigenvalue weighted by Gasteiger charge is -2.40. The molecule has 15 heavy (non-hydrogen) atoms. The summed E-state index contributed by atoms with van der Waals surface area (Å²) < 4.78 is 10.9. The second-order valence-electron chi connectivity index (χ2n) is 4.26. The molecule has 1 atom stereocenters. The third-order valence-corrected chi connectivity index (χ3v) is 3.34. The average molecular weight is 213 g/mol. The number of hydrogen-bond donors (Lipinski definition) is 1. The molecular formula is C11H19NO3. The number of carbonyl (C=O) groups excluding carboxylic acids is 1. The van der Waals surface area contributed by atoms with Gasteiger partial charge in [-0.1, -0.05) is 12.8 Å². The van der Waals surface area contributed by atoms with Gasteiger partial charge in [0.15, 0.2) is 0 Å². The number of nitrogens with one attached hydrogen (secondary N) is 1. The summed E-state index contributed by atoms with van der Waals surface area (Å²) in [5.74, 6) is -0.154. The first-order chi connectivity index (χ1) is 7.28. The van der Waals surface area contributed by atoms with E-state index < -0.39 is 0 Å². The molecule has 86 valence electrons. The molecule has 0 amide bonds. The topological polar surface area (TPSA) is 47.6 Å². The molecule has 0 aromatic heterocycles. The highest BCUT2D eigenvalue weighted by Gasteiger charge is 2.48. The van der Waals surface area contributed by atoms with E-state index in [0.717, 1.165) is 32.2 Å². The first-order valence-electron chi connectivity index (χ1n) is 5.82. The van der Waals surface area contributed by atoms with Crippen molar-refractivity contribution in [1.82, 2.24) is 5.32 Å². The molecule has 1 saturated heterocycles. The maximum atomic E-state index is 11.8. The zero-order chi connectivity index (χ0) is 10.7. The van der Waals surface area contributed by atoms with E-state index in [0.29, 0.717) is 13.2 Å². The fourth-order valence-electron chi connectivity index (χ4n) is 2.66. The normalized spacial score (nSPS) is 29.3. The highest BCUT2D eigenvalue weighted by atomic mass is 16.5. The van der Waals surface area contributed by atoms with Crippen LogP contribution in [0, 0.1) is 0 Å². The van der Waals surface area contributed by atoms with Crippen molar-refractivity contribution >= 4 is 5.97 Å². The monoisotopic (exact) mass is 213 g/mol. The zero-order valence-electron chi connectivity index (χ0n) is 9.25. The third kappa shape index (κ3) is 2.01. The molecule has 0 aromatic rings. The number of carbonyl (C=O) groups is 1. The van der Waals surface area contributed by atoms with Crippen molar-refractivity contribution in [2.75, 3.05) is 19.8 Å². The van der Waals surface area contributed by atoms with Gasteiger partial charge in [-0.25, -0.2) is 0 Å². The molecule has 1 heterocycles. The van der Waals surface area contributed by atoms with Gasteiger partial charge in [-0.05, 0) is 19.8 Å². The first kappa shape index (κ1) is 10.9. The van der Waals surface area contributed by atoms with E-state index in [1.54, 1.807) is 0 Å². The molecule has 0 bridgehead atoms. The lowest BCUT2D eigenvalue weighted by atomic mass is 9.90. The molecule has 1 aliphatic carbocycles. The van der Waals surface area contributed by atoms with Crippen molar-refractivity contribution in [3.63, 3.8) is 0 Å². The standard InChI is InChI=1S/C11H19NO3/c1-2-14-10(13)9-11(5-3-4-6-11)15-8-7-12-9/h9,12H,2-8H2,1H3. The summed E-state index contributed by atoms with van der Waals surface area (Å²) in [6.45, 7) is 3.72. The summed E-state index contributed by atoms with van der Waals surface area (Å²) in [5, 5.41) is 3.24. The van der Waals surface area contributed by atoms with Crippen LogP contribution in [-0.4, -0.2) is 37.4 Å². The average Bonchev–Trinajstić information content (AvgIpc) is 2.68. The van der Waals surface area contributed by atoms with Gasteiger partial charge in [0.2, 0.25) is 0 Å². The highest BCUT2D eigenvalue weighted by Crippen LogP contribution is 2.37. The Labute approximate surface area is 90.3 Å². The van der Waals surface area contributed by atoms with Crippen LogP contribution >= 0.6 is 0 Å². The van der Waals surface area contributed by atoms with Crippen molar-refractivity contribution in [3.8, 4) is 0 Å². The van der Waals surface area contributed by atoms with Crippen LogP contribution in [0.2, 0.25) is 0 Å². The molecular weight excluding hydrogens is 194 g/mol. The Balaban J connectivity index is 2.08. The Morgan fingerprint density at radius 2 is 2.27 bits per heavy atom. The first-order valence-corrected chi connectivity index (χ1v) is 5.82. The quantitative estimate of drug-likeness (QED) is 0.691. The van der Waals surface area contributed by atoms with Crippen LogP contribution in [0.15, 0.2) is 0 Å². The molecule has 1 aliphatic heterocycles. The van der Waals surface area contributed by atoms with Crippen molar-refractivity contribution < 1.29 is 14.3 Å². The minimum Gasteiger partial charge on any atom is -0.465 e. The molecule has 0 radical (unpaired) electrons. The van der Waals surface area contributed by atoms with Crippen LogP contribution in [0.5, 0.6) is 0 Å². The SMILES string of the molecule is CCOC(=O)C1NCCOC12CCCC2. The lowest BCUT2D eigenvalue weighted by Crippen LogP contribution is -2.60. The summed E-state index contributed by atoms with van der Waals surface area (Å²) in [6.07, 6.45) is 4.25. The van der Waals surface area contributed by atoms with Crippen molar-refractivity contribution in [2.45, 2.75) is 44.2 Å². The number of hydrogen-bond acceptors (Lipinski definition) is 4. The molecule has 2 fully saturated rings. The number of morpholine rings is 1. The van der Waals surface area contributed by atoms with Crippen LogP contribution in [0.1, 0.15) is 32.6 Å². The van der Waals surface area contributed by atoms with Crippen molar-refractivity contribution in [3.05, 3.63) is 0 Å². The van der Waals surface area contributed by atoms with Gasteiger partial charge in [0.1, 0.15) is 6.04 Å². The van der Waals surface area contributed by atoms with E-state index in [9.17, 15) is 4.79 Å². The molecule has 1 N–H and O–H groups in total. The van der Waals surface area contributed by atoms with Gasteiger partial charge in [0.05, 0.1) is 18.8 Å². The van der Waals surface area contributed by atoms with E-state index in [1.807, 2.05) is 6.92 Å². The minimum absolute atomic E-state index is 0.154. The van der Waals surface area contributed by atoms with E-state index in [4.69, 9.17) is 9.47 Å². The van der Waals surface area contributed by atoms with E-state index in [-0.39, 0.29) is 17.6 Å². The molecule has 0 aromatic carbocycles. The predicted molar refractivity (Wildman–Crippen MR) is 55.6 cm³/mol. The minimum atomic E-state index is -0.273. The summed E-state index contributed by atoms with van der Waals surface area (Å²) >= 11 is 0. The van der Waals surface area contributed by atoms with Gasteiger partial charge in [0.25, 0.3) is 0 Å². The largest absolute Gasteiger partial charge is 0.465 e. The molecule has 1 spiro atoms. The van der Waals surface area contributed by atoms with E-state index >= 15 is 0 Å². The maximum absolute atomic E-state index is 11.8. The fourth-order valence-corrected chi connectivity index (χ4v) is 2.66. The van der Waals surface area contributed by atoms with Crippen molar-refractivity contribution in [2.24, 2.45) is 0 Å². The Kier molecular flexibility index (Phi) is 3.26. The molecule has 2 rings (SSSR count). The molecule has 4 heteroatoms. The summed E-state index contributed by atoms with van der Waals surface area (Å²) in [6, 6.07) is -0.256. The summed E-state index contributed by atoms with van der Waals surface area (Å²) in [4.78, 5) is 11.8. The summed E-state index contributed by atoms with van der Waals surface area (Å²) in [5.41, 5.74) is -0.273. The second kappa shape index (κ2) is 4.49. The number of ether oxygens (including phenoxy) is 2. The van der Waals surface area contributed by atoms with Gasteiger partial charge in [-0.2, -0.15) is 0 Å². The Hall–Kier alpha value is -0.610. The van der Waals surface area contributed by atoms with Crippen LogP contribution < -0.4 is 5.32 Å². The summed E-state index contributed by atoms with van der Waals surface area (Å²) in [7, 11) is 0. The number of rotatable bonds is 2. The predicted octanol–water partition coefficient (Wildman–Crippen LogP) is 0.851. The third-order valence-electron chi connectivity index (χ3n) is 3.34. The number of esters is 1. The van der Waals surface area contributed by atoms with Gasteiger partial charge >= 0.3 is 5.97 Å². The van der Waals surface area contributed by atoms with Gasteiger partial charge < -0.3 is 9.47 Å². The van der Waals surface area contributed by atoms with Crippen molar-refractivity contribution in [1.29, 1.82) is 0 Å². The van der Waals surface area contributed by atoms with E-state index in [1.165, 1.54) is 0 Å². The molecule has 1 saturated carbocycles. The molecule has 1 unspecified atom stereocenters. The molecule has 2 aliphatic rings. The lowest BCUT2D eigenvalue weighted by molar-refractivity contribution is -0.163. The van der Waals surface area contributed by atoms with Gasteiger partial charge in [-0.3, -0.25) is 10.1 Å².